The van der Waals surface area contributed by atoms with Crippen molar-refractivity contribution in [1.82, 2.24) is 4.90 Å². The Morgan fingerprint density at radius 3 is 2.24 bits per heavy atom. The van der Waals surface area contributed by atoms with Gasteiger partial charge in [0, 0.05) is 15.7 Å². The van der Waals surface area contributed by atoms with Gasteiger partial charge in [-0.2, -0.15) is 0 Å². The van der Waals surface area contributed by atoms with Gasteiger partial charge in [0.25, 0.3) is 9.05 Å². The molecular weight excluding hydrogens is 393 g/mol. The Kier molecular flexibility index (Phi) is 5.02. The summed E-state index contributed by atoms with van der Waals surface area (Å²) in [6.45, 7) is 4.79. The van der Waals surface area contributed by atoms with Gasteiger partial charge in [0.15, 0.2) is 0 Å². The number of amides is 2. The Hall–Kier alpha value is -1.51. The number of carboxylic acid groups (broad SMARTS) is 1. The monoisotopic (exact) mass is 409 g/mol. The lowest BCUT2D eigenvalue weighted by atomic mass is 10.0. The minimum atomic E-state index is -4.17. The highest BCUT2D eigenvalue weighted by atomic mass is 35.7. The molecule has 138 valence electrons. The summed E-state index contributed by atoms with van der Waals surface area (Å²) in [6, 6.07) is 3.83. The molecule has 2 rings (SSSR count). The molecule has 0 radical (unpaired) electrons. The predicted molar refractivity (Wildman–Crippen MR) is 91.5 cm³/mol. The third kappa shape index (κ3) is 4.19. The number of ether oxygens (including phenoxy) is 1. The molecule has 1 aromatic rings. The SMILES string of the molecule is CC(C)(C)OC(=O)N(C(=O)O)C1(c2cc(Cl)ccc2S(=O)(=O)Cl)CC1. The van der Waals surface area contributed by atoms with Crippen LogP contribution in [-0.2, 0) is 19.3 Å². The average Bonchev–Trinajstić information content (AvgIpc) is 3.15. The first kappa shape index (κ1) is 19.8. The Labute approximate surface area is 154 Å². The first-order valence-electron chi connectivity index (χ1n) is 7.29. The van der Waals surface area contributed by atoms with Crippen molar-refractivity contribution in [2.75, 3.05) is 0 Å². The zero-order chi connectivity index (χ0) is 19.2. The molecule has 0 heterocycles. The average molecular weight is 410 g/mol. The molecule has 25 heavy (non-hydrogen) atoms. The van der Waals surface area contributed by atoms with Gasteiger partial charge in [-0.3, -0.25) is 0 Å². The maximum atomic E-state index is 12.4. The van der Waals surface area contributed by atoms with Crippen LogP contribution in [-0.4, -0.2) is 36.2 Å². The second-order valence-electron chi connectivity index (χ2n) is 6.71. The maximum absolute atomic E-state index is 12.4. The van der Waals surface area contributed by atoms with Gasteiger partial charge in [-0.15, -0.1) is 0 Å². The number of hydrogen-bond donors (Lipinski definition) is 1. The zero-order valence-electron chi connectivity index (χ0n) is 13.7. The number of benzene rings is 1. The van der Waals surface area contributed by atoms with Crippen molar-refractivity contribution in [2.45, 2.75) is 49.6 Å². The summed E-state index contributed by atoms with van der Waals surface area (Å²) in [6.07, 6.45) is -2.17. The number of imide groups is 1. The van der Waals surface area contributed by atoms with Crippen molar-refractivity contribution in [3.05, 3.63) is 28.8 Å². The standard InChI is InChI=1S/C15H17Cl2NO6S/c1-14(2,3)24-13(21)18(12(19)20)15(6-7-15)10-8-9(16)4-5-11(10)25(17,22)23/h4-5,8H,6-7H2,1-3H3,(H,19,20). The predicted octanol–water partition coefficient (Wildman–Crippen LogP) is 4.17. The lowest BCUT2D eigenvalue weighted by molar-refractivity contribution is 0.0154. The molecular formula is C15H17Cl2NO6S. The van der Waals surface area contributed by atoms with Crippen molar-refractivity contribution in [2.24, 2.45) is 0 Å². The van der Waals surface area contributed by atoms with Crippen LogP contribution in [0.25, 0.3) is 0 Å². The second-order valence-corrected chi connectivity index (χ2v) is 9.68. The third-order valence-corrected chi connectivity index (χ3v) is 5.24. The van der Waals surface area contributed by atoms with Gasteiger partial charge in [-0.05, 0) is 57.4 Å². The zero-order valence-corrected chi connectivity index (χ0v) is 16.1. The summed E-state index contributed by atoms with van der Waals surface area (Å²) in [7, 11) is 1.30. The van der Waals surface area contributed by atoms with E-state index in [4.69, 9.17) is 27.0 Å². The second kappa shape index (κ2) is 6.34. The largest absolute Gasteiger partial charge is 0.464 e. The summed E-state index contributed by atoms with van der Waals surface area (Å²) in [5.74, 6) is 0. The molecule has 7 nitrogen and oxygen atoms in total. The summed E-state index contributed by atoms with van der Waals surface area (Å²) in [5, 5.41) is 9.74. The van der Waals surface area contributed by atoms with Crippen LogP contribution in [0.1, 0.15) is 39.2 Å². The Morgan fingerprint density at radius 1 is 1.28 bits per heavy atom. The van der Waals surface area contributed by atoms with Crippen LogP contribution in [0, 0.1) is 0 Å². The minimum Gasteiger partial charge on any atom is -0.464 e. The van der Waals surface area contributed by atoms with E-state index in [0.717, 1.165) is 0 Å². The smallest absolute Gasteiger partial charge is 0.420 e. The summed E-state index contributed by atoms with van der Waals surface area (Å²) in [4.78, 5) is 24.4. The van der Waals surface area contributed by atoms with Gasteiger partial charge in [0.1, 0.15) is 5.60 Å². The molecule has 0 saturated heterocycles. The normalized spacial score (nSPS) is 16.2. The van der Waals surface area contributed by atoms with Gasteiger partial charge < -0.3 is 9.84 Å². The van der Waals surface area contributed by atoms with E-state index in [0.29, 0.717) is 4.90 Å². The number of rotatable bonds is 3. The lowest BCUT2D eigenvalue weighted by Crippen LogP contribution is -2.47. The van der Waals surface area contributed by atoms with Crippen molar-refractivity contribution in [3.8, 4) is 0 Å². The van der Waals surface area contributed by atoms with Gasteiger partial charge in [-0.1, -0.05) is 11.6 Å². The number of nitrogens with zero attached hydrogens (tertiary/aromatic N) is 1. The van der Waals surface area contributed by atoms with E-state index in [-0.39, 0.29) is 28.3 Å². The molecule has 1 aliphatic carbocycles. The molecule has 1 aliphatic rings. The van der Waals surface area contributed by atoms with E-state index in [1.54, 1.807) is 20.8 Å². The van der Waals surface area contributed by atoms with Crippen molar-refractivity contribution >= 4 is 43.5 Å². The number of carbonyl (C=O) groups excluding carboxylic acids is 1. The molecule has 0 aromatic heterocycles. The Balaban J connectivity index is 2.59. The summed E-state index contributed by atoms with van der Waals surface area (Å²) >= 11 is 5.95. The van der Waals surface area contributed by atoms with Gasteiger partial charge in [-0.25, -0.2) is 22.9 Å². The molecule has 0 aliphatic heterocycles. The quantitative estimate of drug-likeness (QED) is 0.751. The van der Waals surface area contributed by atoms with Crippen LogP contribution in [0.2, 0.25) is 5.02 Å². The van der Waals surface area contributed by atoms with E-state index >= 15 is 0 Å². The van der Waals surface area contributed by atoms with Crippen LogP contribution in [0.5, 0.6) is 0 Å². The summed E-state index contributed by atoms with van der Waals surface area (Å²) in [5.41, 5.74) is -2.24. The Bertz CT molecular complexity index is 827. The van der Waals surface area contributed by atoms with Crippen LogP contribution in [0.15, 0.2) is 23.1 Å². The molecule has 2 amide bonds. The topological polar surface area (TPSA) is 101 Å². The molecule has 1 saturated carbocycles. The fourth-order valence-corrected chi connectivity index (χ4v) is 3.87. The van der Waals surface area contributed by atoms with E-state index in [2.05, 4.69) is 0 Å². The molecule has 0 atom stereocenters. The molecule has 1 aromatic carbocycles. The molecule has 0 bridgehead atoms. The number of halogens is 2. The summed E-state index contributed by atoms with van der Waals surface area (Å²) < 4.78 is 28.9. The molecule has 0 unspecified atom stereocenters. The first-order valence-corrected chi connectivity index (χ1v) is 9.97. The van der Waals surface area contributed by atoms with E-state index in [1.165, 1.54) is 18.2 Å². The highest BCUT2D eigenvalue weighted by Gasteiger charge is 2.57. The fraction of sp³-hybridized carbons (Fsp3) is 0.467. The highest BCUT2D eigenvalue weighted by Crippen LogP contribution is 2.54. The number of hydrogen-bond acceptors (Lipinski definition) is 5. The van der Waals surface area contributed by atoms with Gasteiger partial charge in [0.2, 0.25) is 0 Å². The van der Waals surface area contributed by atoms with Gasteiger partial charge >= 0.3 is 12.2 Å². The van der Waals surface area contributed by atoms with Crippen LogP contribution in [0.4, 0.5) is 9.59 Å². The van der Waals surface area contributed by atoms with Crippen molar-refractivity contribution in [1.29, 1.82) is 0 Å². The lowest BCUT2D eigenvalue weighted by Gasteiger charge is -2.31. The molecule has 1 fully saturated rings. The van der Waals surface area contributed by atoms with E-state index in [9.17, 15) is 23.1 Å². The fourth-order valence-electron chi connectivity index (χ4n) is 2.55. The molecule has 0 spiro atoms. The Morgan fingerprint density at radius 2 is 1.84 bits per heavy atom. The molecule has 1 N–H and O–H groups in total. The minimum absolute atomic E-state index is 0.0586. The third-order valence-electron chi connectivity index (χ3n) is 3.62. The number of carbonyl (C=O) groups is 2. The van der Waals surface area contributed by atoms with Crippen molar-refractivity contribution < 1.29 is 27.9 Å². The maximum Gasteiger partial charge on any atom is 0.420 e. The van der Waals surface area contributed by atoms with E-state index < -0.39 is 32.4 Å². The van der Waals surface area contributed by atoms with Crippen LogP contribution in [0.3, 0.4) is 0 Å². The first-order chi connectivity index (χ1) is 11.3. The van der Waals surface area contributed by atoms with Crippen LogP contribution < -0.4 is 0 Å². The van der Waals surface area contributed by atoms with Gasteiger partial charge in [0.05, 0.1) is 10.4 Å². The van der Waals surface area contributed by atoms with Crippen LogP contribution >= 0.6 is 22.3 Å². The molecule has 10 heteroatoms. The van der Waals surface area contributed by atoms with Crippen molar-refractivity contribution in [3.63, 3.8) is 0 Å². The highest BCUT2D eigenvalue weighted by molar-refractivity contribution is 8.13. The van der Waals surface area contributed by atoms with E-state index in [1.807, 2.05) is 0 Å².